The Balaban J connectivity index is 0.000000397. The molecule has 1 fully saturated rings. The second kappa shape index (κ2) is 16.5. The minimum atomic E-state index is 0.509. The van der Waals surface area contributed by atoms with Crippen LogP contribution in [0.5, 0.6) is 0 Å². The molecule has 0 aromatic rings. The zero-order chi connectivity index (χ0) is 13.3. The lowest BCUT2D eigenvalue weighted by Gasteiger charge is -2.10. The first kappa shape index (κ1) is 17.5. The van der Waals surface area contributed by atoms with Gasteiger partial charge in [-0.1, -0.05) is 57.0 Å². The summed E-state index contributed by atoms with van der Waals surface area (Å²) in [6, 6.07) is 0. The first-order valence-electron chi connectivity index (χ1n) is 7.49. The molecule has 0 amide bonds. The zero-order valence-corrected chi connectivity index (χ0v) is 12.0. The summed E-state index contributed by atoms with van der Waals surface area (Å²) >= 11 is 0. The average molecular weight is 258 g/mol. The molecule has 1 N–H and O–H groups in total. The van der Waals surface area contributed by atoms with Crippen molar-refractivity contribution in [3.05, 3.63) is 4.91 Å². The second-order valence-electron chi connectivity index (χ2n) is 4.69. The molecule has 1 saturated heterocycles. The molecule has 0 radical (unpaired) electrons. The lowest BCUT2D eigenvalue weighted by Crippen LogP contribution is -2.30. The van der Waals surface area contributed by atoms with Crippen LogP contribution in [0.15, 0.2) is 5.18 Å². The lowest BCUT2D eigenvalue weighted by molar-refractivity contribution is 0.109. The van der Waals surface area contributed by atoms with Crippen molar-refractivity contribution in [3.63, 3.8) is 0 Å². The monoisotopic (exact) mass is 258 g/mol. The summed E-state index contributed by atoms with van der Waals surface area (Å²) in [6.07, 6.45) is 10.2. The van der Waals surface area contributed by atoms with Crippen molar-refractivity contribution < 1.29 is 4.74 Å². The fourth-order valence-corrected chi connectivity index (χ4v) is 1.83. The molecule has 0 spiro atoms. The van der Waals surface area contributed by atoms with Crippen molar-refractivity contribution in [2.75, 3.05) is 32.8 Å². The molecule has 18 heavy (non-hydrogen) atoms. The summed E-state index contributed by atoms with van der Waals surface area (Å²) in [5, 5.41) is 5.99. The van der Waals surface area contributed by atoms with E-state index < -0.39 is 0 Å². The van der Waals surface area contributed by atoms with Crippen LogP contribution in [0, 0.1) is 4.91 Å². The molecule has 0 aromatic carbocycles. The van der Waals surface area contributed by atoms with Crippen molar-refractivity contribution in [1.29, 1.82) is 0 Å². The summed E-state index contributed by atoms with van der Waals surface area (Å²) in [7, 11) is 0. The number of nitrogens with zero attached hydrogens (tertiary/aromatic N) is 1. The minimum Gasteiger partial charge on any atom is -0.379 e. The molecule has 108 valence electrons. The highest BCUT2D eigenvalue weighted by atomic mass is 16.5. The maximum atomic E-state index is 9.73. The van der Waals surface area contributed by atoms with E-state index in [1.807, 2.05) is 0 Å². The highest BCUT2D eigenvalue weighted by Gasteiger charge is 1.93. The number of hydrogen-bond donors (Lipinski definition) is 1. The Labute approximate surface area is 112 Å². The normalized spacial score (nSPS) is 14.7. The Morgan fingerprint density at radius 2 is 1.50 bits per heavy atom. The Bertz CT molecular complexity index is 150. The topological polar surface area (TPSA) is 50.7 Å². The van der Waals surface area contributed by atoms with E-state index in [2.05, 4.69) is 17.4 Å². The second-order valence-corrected chi connectivity index (χ2v) is 4.69. The molecule has 0 atom stereocenters. The molecule has 1 aliphatic heterocycles. The van der Waals surface area contributed by atoms with Gasteiger partial charge in [0.25, 0.3) is 0 Å². The van der Waals surface area contributed by atoms with E-state index in [-0.39, 0.29) is 0 Å². The smallest absolute Gasteiger partial charge is 0.0811 e. The third-order valence-electron chi connectivity index (χ3n) is 2.95. The van der Waals surface area contributed by atoms with Gasteiger partial charge in [-0.15, -0.1) is 0 Å². The molecule has 0 saturated carbocycles. The lowest BCUT2D eigenvalue weighted by atomic mass is 10.1. The molecule has 0 aromatic heterocycles. The summed E-state index contributed by atoms with van der Waals surface area (Å²) in [5.74, 6) is 0. The molecular weight excluding hydrogens is 228 g/mol. The van der Waals surface area contributed by atoms with Crippen molar-refractivity contribution in [2.24, 2.45) is 5.18 Å². The Hall–Kier alpha value is -0.480. The van der Waals surface area contributed by atoms with Gasteiger partial charge >= 0.3 is 0 Å². The van der Waals surface area contributed by atoms with Gasteiger partial charge in [0.2, 0.25) is 0 Å². The SMILES string of the molecule is C1COCCN1.CCCCCCCCCCN=O. The number of ether oxygens (including phenoxy) is 1. The van der Waals surface area contributed by atoms with E-state index >= 15 is 0 Å². The van der Waals surface area contributed by atoms with E-state index in [0.29, 0.717) is 6.54 Å². The van der Waals surface area contributed by atoms with Gasteiger partial charge in [0.05, 0.1) is 19.8 Å². The first-order valence-corrected chi connectivity index (χ1v) is 7.49. The number of hydrogen-bond acceptors (Lipinski definition) is 4. The van der Waals surface area contributed by atoms with Crippen LogP contribution in [-0.2, 0) is 4.74 Å². The van der Waals surface area contributed by atoms with Crippen molar-refractivity contribution in [1.82, 2.24) is 5.32 Å². The van der Waals surface area contributed by atoms with Gasteiger partial charge in [-0.05, 0) is 6.42 Å². The fourth-order valence-electron chi connectivity index (χ4n) is 1.83. The summed E-state index contributed by atoms with van der Waals surface area (Å²) in [5.41, 5.74) is 0. The van der Waals surface area contributed by atoms with Crippen LogP contribution in [-0.4, -0.2) is 32.8 Å². The standard InChI is InChI=1S/C10H21NO.C4H9NO/c1-2-3-4-5-6-7-8-9-10-11-12;1-3-6-4-2-5-1/h2-10H2,1H3;5H,1-4H2. The van der Waals surface area contributed by atoms with E-state index in [1.165, 1.54) is 44.9 Å². The van der Waals surface area contributed by atoms with Crippen molar-refractivity contribution in [2.45, 2.75) is 58.3 Å². The Morgan fingerprint density at radius 1 is 0.944 bits per heavy atom. The van der Waals surface area contributed by atoms with E-state index in [1.54, 1.807) is 0 Å². The molecule has 0 aliphatic carbocycles. The molecule has 4 heteroatoms. The Kier molecular flexibility index (Phi) is 16.1. The quantitative estimate of drug-likeness (QED) is 0.508. The van der Waals surface area contributed by atoms with Gasteiger partial charge in [-0.2, -0.15) is 4.91 Å². The van der Waals surface area contributed by atoms with Crippen LogP contribution in [0.3, 0.4) is 0 Å². The summed E-state index contributed by atoms with van der Waals surface area (Å²) in [6.45, 7) is 6.57. The summed E-state index contributed by atoms with van der Waals surface area (Å²) < 4.78 is 5.01. The molecule has 0 unspecified atom stereocenters. The Morgan fingerprint density at radius 3 is 1.89 bits per heavy atom. The zero-order valence-electron chi connectivity index (χ0n) is 12.0. The maximum absolute atomic E-state index is 9.73. The van der Waals surface area contributed by atoms with Crippen LogP contribution in [0.1, 0.15) is 58.3 Å². The van der Waals surface area contributed by atoms with E-state index in [0.717, 1.165) is 32.7 Å². The molecule has 0 bridgehead atoms. The van der Waals surface area contributed by atoms with E-state index in [4.69, 9.17) is 4.74 Å². The first-order chi connectivity index (χ1) is 8.91. The van der Waals surface area contributed by atoms with Crippen LogP contribution >= 0.6 is 0 Å². The van der Waals surface area contributed by atoms with E-state index in [9.17, 15) is 4.91 Å². The van der Waals surface area contributed by atoms with Gasteiger partial charge in [0.15, 0.2) is 0 Å². The largest absolute Gasteiger partial charge is 0.379 e. The van der Waals surface area contributed by atoms with Crippen molar-refractivity contribution >= 4 is 0 Å². The van der Waals surface area contributed by atoms with Gasteiger partial charge in [-0.25, -0.2) is 0 Å². The molecule has 1 aliphatic rings. The summed E-state index contributed by atoms with van der Waals surface area (Å²) in [4.78, 5) is 9.73. The van der Waals surface area contributed by atoms with Crippen LogP contribution < -0.4 is 5.32 Å². The third-order valence-corrected chi connectivity index (χ3v) is 2.95. The number of nitroso groups, excluding NO2 is 1. The molecule has 1 rings (SSSR count). The van der Waals surface area contributed by atoms with Crippen LogP contribution in [0.4, 0.5) is 0 Å². The van der Waals surface area contributed by atoms with Gasteiger partial charge in [0.1, 0.15) is 0 Å². The van der Waals surface area contributed by atoms with Crippen LogP contribution in [0.25, 0.3) is 0 Å². The molecule has 4 nitrogen and oxygen atoms in total. The van der Waals surface area contributed by atoms with Crippen molar-refractivity contribution in [3.8, 4) is 0 Å². The number of unbranched alkanes of at least 4 members (excludes halogenated alkanes) is 7. The highest BCUT2D eigenvalue weighted by molar-refractivity contribution is 4.49. The average Bonchev–Trinajstić information content (AvgIpc) is 2.44. The fraction of sp³-hybridized carbons (Fsp3) is 1.00. The predicted molar refractivity (Wildman–Crippen MR) is 77.0 cm³/mol. The maximum Gasteiger partial charge on any atom is 0.0811 e. The van der Waals surface area contributed by atoms with Gasteiger partial charge < -0.3 is 10.1 Å². The molecular formula is C14H30N2O2. The third kappa shape index (κ3) is 15.5. The van der Waals surface area contributed by atoms with Crippen LogP contribution in [0.2, 0.25) is 0 Å². The van der Waals surface area contributed by atoms with Gasteiger partial charge in [-0.3, -0.25) is 0 Å². The minimum absolute atomic E-state index is 0.509. The number of rotatable bonds is 9. The number of morpholine rings is 1. The van der Waals surface area contributed by atoms with Gasteiger partial charge in [0, 0.05) is 13.1 Å². The predicted octanol–water partition coefficient (Wildman–Crippen LogP) is 3.50. The highest BCUT2D eigenvalue weighted by Crippen LogP contribution is 2.07. The number of nitrogens with one attached hydrogen (secondary N) is 1. The molecule has 1 heterocycles.